The molecule has 0 aliphatic rings. The summed E-state index contributed by atoms with van der Waals surface area (Å²) >= 11 is 1.35. The summed E-state index contributed by atoms with van der Waals surface area (Å²) < 4.78 is 0. The SMILES string of the molecule is Cc1ncsc1C(=O)NC(C)c1ccc(N)cc1. The summed E-state index contributed by atoms with van der Waals surface area (Å²) in [6.45, 7) is 3.78. The molecule has 0 fully saturated rings. The lowest BCUT2D eigenvalue weighted by Gasteiger charge is -2.14. The Labute approximate surface area is 110 Å². The van der Waals surface area contributed by atoms with Crippen molar-refractivity contribution < 1.29 is 4.79 Å². The largest absolute Gasteiger partial charge is 0.399 e. The molecule has 0 saturated carbocycles. The van der Waals surface area contributed by atoms with Crippen molar-refractivity contribution in [3.63, 3.8) is 0 Å². The van der Waals surface area contributed by atoms with E-state index in [1.807, 2.05) is 38.1 Å². The zero-order valence-electron chi connectivity index (χ0n) is 10.3. The van der Waals surface area contributed by atoms with E-state index in [0.29, 0.717) is 4.88 Å². The van der Waals surface area contributed by atoms with Crippen molar-refractivity contribution in [2.45, 2.75) is 19.9 Å². The summed E-state index contributed by atoms with van der Waals surface area (Å²) in [5, 5.41) is 2.95. The van der Waals surface area contributed by atoms with Crippen molar-refractivity contribution in [1.29, 1.82) is 0 Å². The van der Waals surface area contributed by atoms with Crippen LogP contribution in [0.2, 0.25) is 0 Å². The van der Waals surface area contributed by atoms with Gasteiger partial charge in [-0.05, 0) is 31.5 Å². The molecule has 0 saturated heterocycles. The monoisotopic (exact) mass is 261 g/mol. The van der Waals surface area contributed by atoms with Crippen LogP contribution in [-0.4, -0.2) is 10.9 Å². The van der Waals surface area contributed by atoms with Gasteiger partial charge in [0, 0.05) is 5.69 Å². The molecule has 5 heteroatoms. The summed E-state index contributed by atoms with van der Waals surface area (Å²) in [6.07, 6.45) is 0. The predicted molar refractivity (Wildman–Crippen MR) is 73.6 cm³/mol. The number of carbonyl (C=O) groups is 1. The van der Waals surface area contributed by atoms with Crippen molar-refractivity contribution in [1.82, 2.24) is 10.3 Å². The van der Waals surface area contributed by atoms with Gasteiger partial charge in [0.2, 0.25) is 0 Å². The van der Waals surface area contributed by atoms with E-state index in [4.69, 9.17) is 5.73 Å². The van der Waals surface area contributed by atoms with Crippen LogP contribution in [0.25, 0.3) is 0 Å². The van der Waals surface area contributed by atoms with Crippen LogP contribution in [0.4, 0.5) is 5.69 Å². The van der Waals surface area contributed by atoms with Crippen molar-refractivity contribution >= 4 is 22.9 Å². The predicted octanol–water partition coefficient (Wildman–Crippen LogP) is 2.52. The maximum Gasteiger partial charge on any atom is 0.263 e. The van der Waals surface area contributed by atoms with Gasteiger partial charge in [-0.3, -0.25) is 4.79 Å². The Morgan fingerprint density at radius 2 is 2.06 bits per heavy atom. The highest BCUT2D eigenvalue weighted by Crippen LogP contribution is 2.17. The second kappa shape index (κ2) is 5.18. The number of rotatable bonds is 3. The Morgan fingerprint density at radius 3 is 2.61 bits per heavy atom. The van der Waals surface area contributed by atoms with E-state index in [1.165, 1.54) is 11.3 Å². The molecule has 1 unspecified atom stereocenters. The van der Waals surface area contributed by atoms with Crippen LogP contribution < -0.4 is 11.1 Å². The number of nitrogens with zero attached hydrogens (tertiary/aromatic N) is 1. The molecule has 94 valence electrons. The Balaban J connectivity index is 2.08. The summed E-state index contributed by atoms with van der Waals surface area (Å²) in [5.41, 5.74) is 9.82. The average Bonchev–Trinajstić information content (AvgIpc) is 2.76. The van der Waals surface area contributed by atoms with Crippen molar-refractivity contribution in [3.8, 4) is 0 Å². The standard InChI is InChI=1S/C13H15N3OS/c1-8(10-3-5-11(14)6-4-10)16-13(17)12-9(2)15-7-18-12/h3-8H,14H2,1-2H3,(H,16,17). The average molecular weight is 261 g/mol. The molecule has 2 rings (SSSR count). The maximum atomic E-state index is 12.0. The number of thiazole rings is 1. The summed E-state index contributed by atoms with van der Waals surface area (Å²) in [5.74, 6) is -0.0840. The highest BCUT2D eigenvalue weighted by Gasteiger charge is 2.15. The molecule has 3 N–H and O–H groups in total. The van der Waals surface area contributed by atoms with Crippen molar-refractivity contribution in [3.05, 3.63) is 45.9 Å². The normalized spacial score (nSPS) is 12.1. The molecular weight excluding hydrogens is 246 g/mol. The topological polar surface area (TPSA) is 68.0 Å². The molecule has 2 aromatic rings. The number of nitrogen functional groups attached to an aromatic ring is 1. The lowest BCUT2D eigenvalue weighted by molar-refractivity contribution is 0.0943. The van der Waals surface area contributed by atoms with Crippen LogP contribution in [0, 0.1) is 6.92 Å². The third-order valence-corrected chi connectivity index (χ3v) is 3.66. The zero-order valence-corrected chi connectivity index (χ0v) is 11.1. The van der Waals surface area contributed by atoms with Crippen molar-refractivity contribution in [2.75, 3.05) is 5.73 Å². The minimum atomic E-state index is -0.0840. The van der Waals surface area contributed by atoms with Gasteiger partial charge in [0.15, 0.2) is 0 Å². The van der Waals surface area contributed by atoms with Crippen LogP contribution in [-0.2, 0) is 0 Å². The lowest BCUT2D eigenvalue weighted by Crippen LogP contribution is -2.26. The number of aryl methyl sites for hydroxylation is 1. The van der Waals surface area contributed by atoms with E-state index in [2.05, 4.69) is 10.3 Å². The van der Waals surface area contributed by atoms with E-state index in [1.54, 1.807) is 5.51 Å². The second-order valence-electron chi connectivity index (χ2n) is 4.13. The minimum Gasteiger partial charge on any atom is -0.399 e. The molecule has 0 spiro atoms. The van der Waals surface area contributed by atoms with Gasteiger partial charge in [-0.1, -0.05) is 12.1 Å². The van der Waals surface area contributed by atoms with E-state index < -0.39 is 0 Å². The molecule has 0 radical (unpaired) electrons. The van der Waals surface area contributed by atoms with E-state index in [0.717, 1.165) is 16.9 Å². The smallest absolute Gasteiger partial charge is 0.263 e. The first-order valence-corrected chi connectivity index (χ1v) is 6.52. The lowest BCUT2D eigenvalue weighted by atomic mass is 10.1. The number of benzene rings is 1. The molecule has 1 aromatic carbocycles. The highest BCUT2D eigenvalue weighted by molar-refractivity contribution is 7.11. The number of aromatic nitrogens is 1. The molecule has 1 atom stereocenters. The first-order chi connectivity index (χ1) is 8.58. The number of anilines is 1. The van der Waals surface area contributed by atoms with Gasteiger partial charge in [0.25, 0.3) is 5.91 Å². The first-order valence-electron chi connectivity index (χ1n) is 5.64. The summed E-state index contributed by atoms with van der Waals surface area (Å²) in [6, 6.07) is 7.44. The number of hydrogen-bond donors (Lipinski definition) is 2. The van der Waals surface area contributed by atoms with E-state index >= 15 is 0 Å². The first kappa shape index (κ1) is 12.6. The number of carbonyl (C=O) groups excluding carboxylic acids is 1. The third kappa shape index (κ3) is 2.68. The fraction of sp³-hybridized carbons (Fsp3) is 0.231. The number of nitrogens with two attached hydrogens (primary N) is 1. The molecule has 1 aromatic heterocycles. The van der Waals surface area contributed by atoms with Gasteiger partial charge < -0.3 is 11.1 Å². The molecule has 0 aliphatic heterocycles. The molecule has 1 heterocycles. The van der Waals surface area contributed by atoms with E-state index in [9.17, 15) is 4.79 Å². The van der Waals surface area contributed by atoms with Gasteiger partial charge in [-0.25, -0.2) is 4.98 Å². The molecule has 0 bridgehead atoms. The van der Waals surface area contributed by atoms with Gasteiger partial charge in [0.1, 0.15) is 4.88 Å². The molecule has 1 amide bonds. The van der Waals surface area contributed by atoms with Crippen LogP contribution in [0.15, 0.2) is 29.8 Å². The molecule has 18 heavy (non-hydrogen) atoms. The van der Waals surface area contributed by atoms with Crippen LogP contribution in [0.1, 0.15) is 33.9 Å². The van der Waals surface area contributed by atoms with Gasteiger partial charge in [-0.2, -0.15) is 0 Å². The molecule has 4 nitrogen and oxygen atoms in total. The molecule has 0 aliphatic carbocycles. The number of nitrogens with one attached hydrogen (secondary N) is 1. The minimum absolute atomic E-state index is 0.0559. The second-order valence-corrected chi connectivity index (χ2v) is 4.98. The Kier molecular flexibility index (Phi) is 3.62. The van der Waals surface area contributed by atoms with Crippen LogP contribution in [0.5, 0.6) is 0 Å². The van der Waals surface area contributed by atoms with Gasteiger partial charge in [0.05, 0.1) is 17.2 Å². The van der Waals surface area contributed by atoms with Gasteiger partial charge >= 0.3 is 0 Å². The van der Waals surface area contributed by atoms with Gasteiger partial charge in [-0.15, -0.1) is 11.3 Å². The number of hydrogen-bond acceptors (Lipinski definition) is 4. The maximum absolute atomic E-state index is 12.0. The van der Waals surface area contributed by atoms with Crippen molar-refractivity contribution in [2.24, 2.45) is 0 Å². The Hall–Kier alpha value is -1.88. The fourth-order valence-electron chi connectivity index (χ4n) is 1.65. The Bertz CT molecular complexity index is 548. The van der Waals surface area contributed by atoms with Crippen LogP contribution in [0.3, 0.4) is 0 Å². The summed E-state index contributed by atoms with van der Waals surface area (Å²) in [4.78, 5) is 16.7. The summed E-state index contributed by atoms with van der Waals surface area (Å²) in [7, 11) is 0. The quantitative estimate of drug-likeness (QED) is 0.834. The third-order valence-electron chi connectivity index (χ3n) is 2.74. The fourth-order valence-corrected chi connectivity index (χ4v) is 2.36. The number of amides is 1. The van der Waals surface area contributed by atoms with Crippen LogP contribution >= 0.6 is 11.3 Å². The zero-order chi connectivity index (χ0) is 13.1. The Morgan fingerprint density at radius 1 is 1.39 bits per heavy atom. The van der Waals surface area contributed by atoms with E-state index in [-0.39, 0.29) is 11.9 Å². The highest BCUT2D eigenvalue weighted by atomic mass is 32.1. The molecular formula is C13H15N3OS.